The zero-order valence-electron chi connectivity index (χ0n) is 61.5. The molecule has 12 nitrogen and oxygen atoms in total. The number of allylic oxidation sites excluding steroid dienone is 8. The average Bonchev–Trinajstić information content (AvgIpc) is 3.47. The van der Waals surface area contributed by atoms with Crippen molar-refractivity contribution in [3.8, 4) is 0 Å². The number of ether oxygens (including phenoxy) is 6. The van der Waals surface area contributed by atoms with Gasteiger partial charge in [0.25, 0.3) is 0 Å². The minimum Gasteiger partial charge on any atom is -0.462 e. The number of rotatable bonds is 73. The third-order valence-corrected chi connectivity index (χ3v) is 17.4. The zero-order chi connectivity index (χ0) is 68.4. The molecule has 0 aromatic heterocycles. The molecule has 0 N–H and O–H groups in total. The number of carbonyl (C=O) groups is 6. The smallest absolute Gasteiger partial charge is 0.306 e. The maximum absolute atomic E-state index is 13.1. The van der Waals surface area contributed by atoms with Gasteiger partial charge >= 0.3 is 35.8 Å². The summed E-state index contributed by atoms with van der Waals surface area (Å²) in [7, 11) is 0. The van der Waals surface area contributed by atoms with Crippen molar-refractivity contribution in [3.05, 3.63) is 48.6 Å². The molecule has 0 saturated heterocycles. The first-order valence-electron chi connectivity index (χ1n) is 39.8. The molecule has 0 aliphatic rings. The lowest BCUT2D eigenvalue weighted by atomic mass is 10.1. The number of carbonyl (C=O) groups excluding carboxylic acids is 6. The number of esters is 6. The van der Waals surface area contributed by atoms with Crippen LogP contribution in [0.2, 0.25) is 0 Å². The summed E-state index contributed by atoms with van der Waals surface area (Å²) in [6.07, 6.45) is 76.5. The lowest BCUT2D eigenvalue weighted by Crippen LogP contribution is -2.31. The van der Waals surface area contributed by atoms with Crippen LogP contribution in [-0.4, -0.2) is 74.5 Å². The molecule has 94 heavy (non-hydrogen) atoms. The zero-order valence-corrected chi connectivity index (χ0v) is 61.5. The molecule has 12 heteroatoms. The lowest BCUT2D eigenvalue weighted by Gasteiger charge is -2.19. The summed E-state index contributed by atoms with van der Waals surface area (Å²) in [5.41, 5.74) is 0. The van der Waals surface area contributed by atoms with Gasteiger partial charge in [-0.1, -0.05) is 282 Å². The van der Waals surface area contributed by atoms with Crippen LogP contribution in [0.1, 0.15) is 400 Å². The average molecular weight is 1320 g/mol. The second-order valence-corrected chi connectivity index (χ2v) is 26.8. The van der Waals surface area contributed by atoms with E-state index in [-0.39, 0.29) is 65.0 Å². The van der Waals surface area contributed by atoms with Crippen LogP contribution >= 0.6 is 0 Å². The van der Waals surface area contributed by atoms with Crippen molar-refractivity contribution < 1.29 is 57.2 Å². The van der Waals surface area contributed by atoms with Crippen LogP contribution in [-0.2, 0) is 57.2 Å². The van der Waals surface area contributed by atoms with Crippen molar-refractivity contribution in [2.75, 3.05) is 26.4 Å². The normalized spacial score (nSPS) is 12.3. The molecule has 546 valence electrons. The van der Waals surface area contributed by atoms with Gasteiger partial charge in [-0.3, -0.25) is 28.8 Å². The van der Waals surface area contributed by atoms with Crippen molar-refractivity contribution in [3.63, 3.8) is 0 Å². The van der Waals surface area contributed by atoms with Crippen molar-refractivity contribution in [1.82, 2.24) is 0 Å². The van der Waals surface area contributed by atoms with Crippen molar-refractivity contribution in [2.24, 2.45) is 0 Å². The highest BCUT2D eigenvalue weighted by Gasteiger charge is 2.23. The summed E-state index contributed by atoms with van der Waals surface area (Å²) >= 11 is 0. The highest BCUT2D eigenvalue weighted by atomic mass is 16.6. The van der Waals surface area contributed by atoms with Gasteiger partial charge in [-0.2, -0.15) is 0 Å². The van der Waals surface area contributed by atoms with Crippen LogP contribution in [0.4, 0.5) is 0 Å². The van der Waals surface area contributed by atoms with E-state index in [1.807, 2.05) is 0 Å². The topological polar surface area (TPSA) is 158 Å². The molecule has 0 rings (SSSR count). The summed E-state index contributed by atoms with van der Waals surface area (Å²) in [5.74, 6) is -3.14. The summed E-state index contributed by atoms with van der Waals surface area (Å²) in [6, 6.07) is 0. The van der Waals surface area contributed by atoms with E-state index in [2.05, 4.69) is 76.3 Å². The highest BCUT2D eigenvalue weighted by Crippen LogP contribution is 2.17. The Hall–Kier alpha value is -4.22. The van der Waals surface area contributed by atoms with E-state index in [1.165, 1.54) is 154 Å². The van der Waals surface area contributed by atoms with Crippen molar-refractivity contribution in [2.45, 2.75) is 412 Å². The first-order valence-corrected chi connectivity index (χ1v) is 39.8. The molecule has 0 heterocycles. The minimum atomic E-state index is -1.01. The fourth-order valence-corrected chi connectivity index (χ4v) is 11.3. The fourth-order valence-electron chi connectivity index (χ4n) is 11.3. The molecule has 0 aromatic carbocycles. The number of hydrogen-bond donors (Lipinski definition) is 0. The summed E-state index contributed by atoms with van der Waals surface area (Å²) in [5, 5.41) is 0. The first kappa shape index (κ1) is 89.8. The SMILES string of the molecule is CCCCCCCC/C=C\CCCCCCCC(=O)OCC(COC(=O)CCC(=O)OCC(COC(=O)CCCCCCC/C=C\CCCCCCCC)OC(=O)CCCCCCC/C=C\CCCCCCCC)OC(=O)CCCCCCC/C=C\CCCCCCCC. The van der Waals surface area contributed by atoms with E-state index >= 15 is 0 Å². The molecule has 2 unspecified atom stereocenters. The van der Waals surface area contributed by atoms with Crippen molar-refractivity contribution >= 4 is 35.8 Å². The molecule has 2 atom stereocenters. The van der Waals surface area contributed by atoms with E-state index < -0.39 is 48.0 Å². The Labute approximate surface area is 577 Å². The van der Waals surface area contributed by atoms with Gasteiger partial charge < -0.3 is 28.4 Å². The third-order valence-electron chi connectivity index (χ3n) is 17.4. The second-order valence-electron chi connectivity index (χ2n) is 26.8. The van der Waals surface area contributed by atoms with E-state index in [0.717, 1.165) is 154 Å². The Bertz CT molecular complexity index is 1710. The monoisotopic (exact) mass is 1320 g/mol. The van der Waals surface area contributed by atoms with Crippen LogP contribution in [0.15, 0.2) is 48.6 Å². The van der Waals surface area contributed by atoms with E-state index in [1.54, 1.807) is 0 Å². The molecule has 0 aliphatic carbocycles. The van der Waals surface area contributed by atoms with E-state index in [0.29, 0.717) is 25.7 Å². The molecule has 0 fully saturated rings. The van der Waals surface area contributed by atoms with E-state index in [9.17, 15) is 28.8 Å². The Morgan fingerprint density at radius 2 is 0.362 bits per heavy atom. The van der Waals surface area contributed by atoms with Crippen LogP contribution in [0, 0.1) is 0 Å². The van der Waals surface area contributed by atoms with Gasteiger partial charge in [0.2, 0.25) is 0 Å². The molecule has 0 aromatic rings. The van der Waals surface area contributed by atoms with Gasteiger partial charge in [-0.25, -0.2) is 0 Å². The lowest BCUT2D eigenvalue weighted by molar-refractivity contribution is -0.168. The van der Waals surface area contributed by atoms with Crippen LogP contribution in [0.25, 0.3) is 0 Å². The third kappa shape index (κ3) is 70.6. The first-order chi connectivity index (χ1) is 46.1. The van der Waals surface area contributed by atoms with Crippen LogP contribution in [0.3, 0.4) is 0 Å². The standard InChI is InChI=1S/C82H146O12/c1-5-9-13-17-21-25-29-33-37-41-45-49-53-57-61-65-77(83)89-71-75(93-81(87)67-63-59-55-51-47-43-39-35-31-27-23-19-15-11-7-3)73-91-79(85)69-70-80(86)92-74-76(94-82(88)68-64-60-56-52-48-44-40-36-32-28-24-20-16-12-8-4)72-90-78(84)66-62-58-54-50-46-42-38-34-30-26-22-18-14-10-6-2/h33-40,75-76H,5-32,41-74H2,1-4H3/b37-33-,38-34-,39-35-,40-36-. The second kappa shape index (κ2) is 74.6. The number of hydrogen-bond acceptors (Lipinski definition) is 12. The van der Waals surface area contributed by atoms with Gasteiger partial charge in [-0.15, -0.1) is 0 Å². The van der Waals surface area contributed by atoms with Crippen LogP contribution in [0.5, 0.6) is 0 Å². The Kier molecular flexibility index (Phi) is 71.2. The van der Waals surface area contributed by atoms with Gasteiger partial charge in [0.05, 0.1) is 12.8 Å². The minimum absolute atomic E-state index is 0.197. The molecular formula is C82H146O12. The molecular weight excluding hydrogens is 1180 g/mol. The Morgan fingerprint density at radius 3 is 0.564 bits per heavy atom. The maximum Gasteiger partial charge on any atom is 0.306 e. The largest absolute Gasteiger partial charge is 0.462 e. The van der Waals surface area contributed by atoms with E-state index in [4.69, 9.17) is 28.4 Å². The van der Waals surface area contributed by atoms with Gasteiger partial charge in [-0.05, 0) is 128 Å². The van der Waals surface area contributed by atoms with Gasteiger partial charge in [0.15, 0.2) is 12.2 Å². The molecule has 0 saturated carbocycles. The molecule has 0 radical (unpaired) electrons. The highest BCUT2D eigenvalue weighted by molar-refractivity contribution is 5.78. The quantitative estimate of drug-likeness (QED) is 0.0246. The number of unbranched alkanes of at least 4 members (excludes halogenated alkanes) is 44. The predicted octanol–water partition coefficient (Wildman–Crippen LogP) is 23.9. The molecule has 0 bridgehead atoms. The molecule has 0 aliphatic heterocycles. The summed E-state index contributed by atoms with van der Waals surface area (Å²) in [4.78, 5) is 78.0. The Morgan fingerprint density at radius 1 is 0.202 bits per heavy atom. The molecule has 0 spiro atoms. The molecule has 0 amide bonds. The predicted molar refractivity (Wildman–Crippen MR) is 391 cm³/mol. The Balaban J connectivity index is 5.23. The fraction of sp³-hybridized carbons (Fsp3) is 0.829. The van der Waals surface area contributed by atoms with Crippen LogP contribution < -0.4 is 0 Å². The maximum atomic E-state index is 13.1. The summed E-state index contributed by atoms with van der Waals surface area (Å²) in [6.45, 7) is 7.80. The summed E-state index contributed by atoms with van der Waals surface area (Å²) < 4.78 is 33.6. The van der Waals surface area contributed by atoms with Gasteiger partial charge in [0.1, 0.15) is 26.4 Å². The van der Waals surface area contributed by atoms with Gasteiger partial charge in [0, 0.05) is 25.7 Å². The van der Waals surface area contributed by atoms with Crippen molar-refractivity contribution in [1.29, 1.82) is 0 Å².